The Morgan fingerprint density at radius 2 is 2.19 bits per heavy atom. The summed E-state index contributed by atoms with van der Waals surface area (Å²) in [6.07, 6.45) is 1.31. The largest absolute Gasteiger partial charge is 0.300 e. The van der Waals surface area contributed by atoms with Gasteiger partial charge in [0, 0.05) is 24.3 Å². The van der Waals surface area contributed by atoms with Gasteiger partial charge in [0.1, 0.15) is 11.6 Å². The van der Waals surface area contributed by atoms with Crippen molar-refractivity contribution >= 4 is 23.2 Å². The van der Waals surface area contributed by atoms with Crippen LogP contribution < -0.4 is 0 Å². The highest BCUT2D eigenvalue weighted by Crippen LogP contribution is 2.28. The molecule has 0 amide bonds. The third kappa shape index (κ3) is 2.14. The molecule has 0 N–H and O–H groups in total. The van der Waals surface area contributed by atoms with Gasteiger partial charge < -0.3 is 0 Å². The molecule has 4 heteroatoms. The van der Waals surface area contributed by atoms with Crippen molar-refractivity contribution in [2.75, 3.05) is 0 Å². The number of hydrogen-bond acceptors (Lipinski definition) is 2. The van der Waals surface area contributed by atoms with Gasteiger partial charge in [-0.1, -0.05) is 11.6 Å². The monoisotopic (exact) mass is 240 g/mol. The maximum absolute atomic E-state index is 12.8. The third-order valence-electron chi connectivity index (χ3n) is 2.81. The number of rotatable bonds is 2. The van der Waals surface area contributed by atoms with E-state index in [4.69, 9.17) is 11.6 Å². The molecular weight excluding hydrogens is 231 g/mol. The first-order chi connectivity index (χ1) is 7.58. The van der Waals surface area contributed by atoms with Crippen LogP contribution in [0.15, 0.2) is 18.2 Å². The molecule has 84 valence electrons. The lowest BCUT2D eigenvalue weighted by Gasteiger charge is -2.08. The van der Waals surface area contributed by atoms with Crippen molar-refractivity contribution in [2.45, 2.75) is 19.3 Å². The highest BCUT2D eigenvalue weighted by atomic mass is 35.5. The van der Waals surface area contributed by atoms with Crippen molar-refractivity contribution in [3.05, 3.63) is 34.6 Å². The van der Waals surface area contributed by atoms with Gasteiger partial charge in [0.15, 0.2) is 5.78 Å². The fourth-order valence-corrected chi connectivity index (χ4v) is 2.21. The zero-order valence-electron chi connectivity index (χ0n) is 8.50. The van der Waals surface area contributed by atoms with Crippen LogP contribution in [0, 0.1) is 11.7 Å². The average molecular weight is 241 g/mol. The van der Waals surface area contributed by atoms with E-state index >= 15 is 0 Å². The Bertz CT molecular complexity index is 456. The van der Waals surface area contributed by atoms with E-state index in [0.29, 0.717) is 18.4 Å². The Morgan fingerprint density at radius 1 is 1.44 bits per heavy atom. The minimum atomic E-state index is -0.468. The molecule has 0 radical (unpaired) electrons. The number of Topliss-reactive ketones (excluding diaryl/α,β-unsaturated/α-hetero) is 2. The topological polar surface area (TPSA) is 34.1 Å². The Labute approximate surface area is 97.4 Å². The number of carbonyl (C=O) groups excluding carboxylic acids is 2. The first kappa shape index (κ1) is 11.3. The zero-order valence-corrected chi connectivity index (χ0v) is 9.26. The lowest BCUT2D eigenvalue weighted by molar-refractivity contribution is -0.117. The van der Waals surface area contributed by atoms with Crippen molar-refractivity contribution in [2.24, 2.45) is 5.92 Å². The molecule has 1 aliphatic carbocycles. The predicted octanol–water partition coefficient (Wildman–Crippen LogP) is 3.03. The second-order valence-electron chi connectivity index (χ2n) is 3.97. The summed E-state index contributed by atoms with van der Waals surface area (Å²) in [6.45, 7) is 0. The summed E-state index contributed by atoms with van der Waals surface area (Å²) in [5.41, 5.74) is 0.308. The molecule has 1 saturated carbocycles. The first-order valence-corrected chi connectivity index (χ1v) is 5.46. The fraction of sp³-hybridized carbons (Fsp3) is 0.333. The lowest BCUT2D eigenvalue weighted by atomic mass is 9.96. The van der Waals surface area contributed by atoms with Gasteiger partial charge in [-0.05, 0) is 24.6 Å². The van der Waals surface area contributed by atoms with Crippen molar-refractivity contribution in [3.8, 4) is 0 Å². The van der Waals surface area contributed by atoms with Crippen molar-refractivity contribution in [3.63, 3.8) is 0 Å². The van der Waals surface area contributed by atoms with E-state index in [-0.39, 0.29) is 28.9 Å². The van der Waals surface area contributed by atoms with E-state index in [1.54, 1.807) is 0 Å². The van der Waals surface area contributed by atoms with Crippen molar-refractivity contribution in [1.82, 2.24) is 0 Å². The third-order valence-corrected chi connectivity index (χ3v) is 3.13. The van der Waals surface area contributed by atoms with E-state index in [9.17, 15) is 14.0 Å². The Kier molecular flexibility index (Phi) is 3.06. The molecule has 1 aromatic rings. The molecule has 1 fully saturated rings. The Balaban J connectivity index is 2.24. The van der Waals surface area contributed by atoms with Gasteiger partial charge in [-0.2, -0.15) is 0 Å². The number of carbonyl (C=O) groups is 2. The minimum Gasteiger partial charge on any atom is -0.300 e. The summed E-state index contributed by atoms with van der Waals surface area (Å²) >= 11 is 5.79. The first-order valence-electron chi connectivity index (χ1n) is 5.09. The van der Waals surface area contributed by atoms with Gasteiger partial charge in [-0.15, -0.1) is 0 Å². The highest BCUT2D eigenvalue weighted by molar-refractivity contribution is 6.34. The van der Waals surface area contributed by atoms with Crippen LogP contribution in [-0.2, 0) is 4.79 Å². The molecular formula is C12H10ClFO2. The molecule has 2 nitrogen and oxygen atoms in total. The summed E-state index contributed by atoms with van der Waals surface area (Å²) in [5, 5.41) is 0.115. The molecule has 0 bridgehead atoms. The molecule has 0 heterocycles. The van der Waals surface area contributed by atoms with Gasteiger partial charge in [0.2, 0.25) is 0 Å². The van der Waals surface area contributed by atoms with Crippen molar-refractivity contribution in [1.29, 1.82) is 0 Å². The molecule has 1 atom stereocenters. The highest BCUT2D eigenvalue weighted by Gasteiger charge is 2.29. The van der Waals surface area contributed by atoms with Crippen LogP contribution >= 0.6 is 11.6 Å². The molecule has 2 rings (SSSR count). The minimum absolute atomic E-state index is 0.108. The molecule has 0 spiro atoms. The van der Waals surface area contributed by atoms with E-state index in [2.05, 4.69) is 0 Å². The van der Waals surface area contributed by atoms with Gasteiger partial charge in [0.25, 0.3) is 0 Å². The van der Waals surface area contributed by atoms with Crippen LogP contribution in [0.25, 0.3) is 0 Å². The SMILES string of the molecule is O=C1CCC(C(=O)c2ccc(F)cc2Cl)C1. The predicted molar refractivity (Wildman–Crippen MR) is 58.1 cm³/mol. The molecule has 16 heavy (non-hydrogen) atoms. The van der Waals surface area contributed by atoms with E-state index in [1.807, 2.05) is 0 Å². The molecule has 1 aliphatic rings. The summed E-state index contributed by atoms with van der Waals surface area (Å²) in [5.74, 6) is -0.799. The lowest BCUT2D eigenvalue weighted by Crippen LogP contribution is -2.12. The molecule has 0 aromatic heterocycles. The number of hydrogen-bond donors (Lipinski definition) is 0. The van der Waals surface area contributed by atoms with Crippen molar-refractivity contribution < 1.29 is 14.0 Å². The summed E-state index contributed by atoms with van der Waals surface area (Å²) in [7, 11) is 0. The second-order valence-corrected chi connectivity index (χ2v) is 4.37. The van der Waals surface area contributed by atoms with Crippen LogP contribution in [0.1, 0.15) is 29.6 Å². The number of benzene rings is 1. The van der Waals surface area contributed by atoms with E-state index < -0.39 is 5.82 Å². The summed E-state index contributed by atoms with van der Waals surface area (Å²) < 4.78 is 12.8. The molecule has 1 unspecified atom stereocenters. The van der Waals surface area contributed by atoms with Crippen LogP contribution in [0.4, 0.5) is 4.39 Å². The standard InChI is InChI=1S/C12H10ClFO2/c13-11-6-8(14)2-4-10(11)12(16)7-1-3-9(15)5-7/h2,4,6-7H,1,3,5H2. The van der Waals surface area contributed by atoms with Crippen LogP contribution in [0.3, 0.4) is 0 Å². The van der Waals surface area contributed by atoms with Gasteiger partial charge >= 0.3 is 0 Å². The molecule has 0 saturated heterocycles. The Hall–Kier alpha value is -1.22. The second kappa shape index (κ2) is 4.34. The normalized spacial score (nSPS) is 20.1. The van der Waals surface area contributed by atoms with Crippen LogP contribution in [0.5, 0.6) is 0 Å². The quantitative estimate of drug-likeness (QED) is 0.745. The zero-order chi connectivity index (χ0) is 11.7. The summed E-state index contributed by atoms with van der Waals surface area (Å²) in [6, 6.07) is 3.70. The van der Waals surface area contributed by atoms with Crippen LogP contribution in [0.2, 0.25) is 5.02 Å². The van der Waals surface area contributed by atoms with Crippen LogP contribution in [-0.4, -0.2) is 11.6 Å². The molecule has 1 aromatic carbocycles. The van der Waals surface area contributed by atoms with E-state index in [1.165, 1.54) is 12.1 Å². The smallest absolute Gasteiger partial charge is 0.167 e. The Morgan fingerprint density at radius 3 is 2.75 bits per heavy atom. The van der Waals surface area contributed by atoms with Gasteiger partial charge in [-0.3, -0.25) is 9.59 Å². The van der Waals surface area contributed by atoms with E-state index in [0.717, 1.165) is 6.07 Å². The number of ketones is 2. The maximum Gasteiger partial charge on any atom is 0.167 e. The van der Waals surface area contributed by atoms with Gasteiger partial charge in [-0.25, -0.2) is 4.39 Å². The van der Waals surface area contributed by atoms with Gasteiger partial charge in [0.05, 0.1) is 5.02 Å². The number of halogens is 2. The molecule has 0 aliphatic heterocycles. The fourth-order valence-electron chi connectivity index (χ4n) is 1.95. The maximum atomic E-state index is 12.8. The average Bonchev–Trinajstić information content (AvgIpc) is 2.64. The summed E-state index contributed by atoms with van der Waals surface area (Å²) in [4.78, 5) is 23.0.